The Balaban J connectivity index is 2.00. The largest absolute Gasteiger partial charge is 0.360 e. The van der Waals surface area contributed by atoms with Gasteiger partial charge in [0.15, 0.2) is 5.82 Å². The lowest BCUT2D eigenvalue weighted by Gasteiger charge is -2.32. The number of anilines is 1. The summed E-state index contributed by atoms with van der Waals surface area (Å²) >= 11 is 0. The summed E-state index contributed by atoms with van der Waals surface area (Å²) in [6, 6.07) is 16.1. The molecule has 0 saturated heterocycles. The van der Waals surface area contributed by atoms with Crippen LogP contribution in [0.3, 0.4) is 0 Å². The zero-order valence-corrected chi connectivity index (χ0v) is 11.6. The number of nitrogens with one attached hydrogen (secondary N) is 1. The molecular weight excluding hydrogens is 278 g/mol. The Morgan fingerprint density at radius 3 is 2.50 bits per heavy atom. The molecule has 0 aliphatic carbocycles. The zero-order chi connectivity index (χ0) is 15.2. The first-order valence-electron chi connectivity index (χ1n) is 6.94. The summed E-state index contributed by atoms with van der Waals surface area (Å²) in [6.45, 7) is 0. The summed E-state index contributed by atoms with van der Waals surface area (Å²) in [7, 11) is 0. The van der Waals surface area contributed by atoms with Crippen molar-refractivity contribution in [2.45, 2.75) is 5.72 Å². The van der Waals surface area contributed by atoms with Crippen LogP contribution in [0, 0.1) is 0 Å². The molecule has 108 valence electrons. The van der Waals surface area contributed by atoms with Crippen molar-refractivity contribution in [2.24, 2.45) is 0 Å². The Labute approximate surface area is 126 Å². The third-order valence-corrected chi connectivity index (χ3v) is 3.90. The number of H-pyrrole nitrogens is 1. The van der Waals surface area contributed by atoms with Gasteiger partial charge in [0.25, 0.3) is 5.91 Å². The minimum atomic E-state index is -1.64. The number of para-hydroxylation sites is 1. The van der Waals surface area contributed by atoms with E-state index in [1.54, 1.807) is 48.8 Å². The first kappa shape index (κ1) is 12.8. The lowest BCUT2D eigenvalue weighted by molar-refractivity contribution is 0.0653. The van der Waals surface area contributed by atoms with Crippen molar-refractivity contribution in [3.05, 3.63) is 83.9 Å². The van der Waals surface area contributed by atoms with Gasteiger partial charge < -0.3 is 10.1 Å². The van der Waals surface area contributed by atoms with Gasteiger partial charge in [0.2, 0.25) is 5.72 Å². The van der Waals surface area contributed by atoms with Crippen LogP contribution < -0.4 is 4.90 Å². The van der Waals surface area contributed by atoms with Crippen LogP contribution in [0.5, 0.6) is 0 Å². The second kappa shape index (κ2) is 4.54. The van der Waals surface area contributed by atoms with Crippen molar-refractivity contribution in [3.8, 4) is 0 Å². The minimum absolute atomic E-state index is 0.249. The van der Waals surface area contributed by atoms with Crippen molar-refractivity contribution in [1.82, 2.24) is 9.97 Å². The van der Waals surface area contributed by atoms with Crippen LogP contribution in [0.25, 0.3) is 0 Å². The van der Waals surface area contributed by atoms with Gasteiger partial charge in [0.05, 0.1) is 0 Å². The van der Waals surface area contributed by atoms with Crippen molar-refractivity contribution < 1.29 is 9.90 Å². The van der Waals surface area contributed by atoms with Gasteiger partial charge in [-0.3, -0.25) is 9.69 Å². The predicted octanol–water partition coefficient (Wildman–Crippen LogP) is 2.26. The monoisotopic (exact) mass is 291 g/mol. The Hall–Kier alpha value is -2.92. The van der Waals surface area contributed by atoms with Gasteiger partial charge in [-0.15, -0.1) is 0 Å². The summed E-state index contributed by atoms with van der Waals surface area (Å²) in [4.78, 5) is 21.3. The lowest BCUT2D eigenvalue weighted by Crippen LogP contribution is -2.45. The number of hydrogen-bond donors (Lipinski definition) is 2. The molecule has 4 rings (SSSR count). The molecule has 0 bridgehead atoms. The molecule has 2 heterocycles. The molecule has 1 aliphatic heterocycles. The fourth-order valence-corrected chi connectivity index (χ4v) is 2.93. The molecule has 0 spiro atoms. The Kier molecular flexibility index (Phi) is 2.64. The quantitative estimate of drug-likeness (QED) is 0.761. The van der Waals surface area contributed by atoms with E-state index >= 15 is 0 Å². The summed E-state index contributed by atoms with van der Waals surface area (Å²) in [5, 5.41) is 11.4. The fourth-order valence-electron chi connectivity index (χ4n) is 2.93. The van der Waals surface area contributed by atoms with Crippen molar-refractivity contribution >= 4 is 11.6 Å². The number of aromatic amines is 1. The van der Waals surface area contributed by atoms with Gasteiger partial charge in [0, 0.05) is 29.2 Å². The number of amides is 1. The van der Waals surface area contributed by atoms with Gasteiger partial charge in [0.1, 0.15) is 0 Å². The summed E-state index contributed by atoms with van der Waals surface area (Å²) in [5.74, 6) is 0.0651. The van der Waals surface area contributed by atoms with Crippen LogP contribution in [0.4, 0.5) is 5.69 Å². The van der Waals surface area contributed by atoms with E-state index < -0.39 is 5.72 Å². The van der Waals surface area contributed by atoms with Crippen molar-refractivity contribution in [3.63, 3.8) is 0 Å². The summed E-state index contributed by atoms with van der Waals surface area (Å²) in [5.41, 5.74) is -0.0231. The number of carbonyl (C=O) groups is 1. The van der Waals surface area contributed by atoms with E-state index in [9.17, 15) is 9.90 Å². The average molecular weight is 291 g/mol. The van der Waals surface area contributed by atoms with E-state index in [0.29, 0.717) is 22.6 Å². The zero-order valence-electron chi connectivity index (χ0n) is 11.6. The van der Waals surface area contributed by atoms with Gasteiger partial charge in [-0.1, -0.05) is 36.4 Å². The molecule has 1 aromatic heterocycles. The number of aromatic nitrogens is 2. The van der Waals surface area contributed by atoms with Crippen molar-refractivity contribution in [1.29, 1.82) is 0 Å². The van der Waals surface area contributed by atoms with E-state index in [2.05, 4.69) is 9.97 Å². The number of carbonyl (C=O) groups excluding carboxylic acids is 1. The van der Waals surface area contributed by atoms with E-state index in [1.165, 1.54) is 4.90 Å². The topological polar surface area (TPSA) is 69.2 Å². The molecule has 0 fully saturated rings. The number of rotatable bonds is 2. The van der Waals surface area contributed by atoms with E-state index in [1.807, 2.05) is 18.2 Å². The molecule has 0 radical (unpaired) electrons. The normalized spacial score (nSPS) is 20.2. The third kappa shape index (κ3) is 1.57. The number of nitrogens with zero attached hydrogens (tertiary/aromatic N) is 2. The molecule has 2 N–H and O–H groups in total. The third-order valence-electron chi connectivity index (χ3n) is 3.90. The summed E-state index contributed by atoms with van der Waals surface area (Å²) < 4.78 is 0. The van der Waals surface area contributed by atoms with E-state index in [4.69, 9.17) is 0 Å². The molecule has 5 nitrogen and oxygen atoms in total. The number of benzene rings is 2. The predicted molar refractivity (Wildman–Crippen MR) is 81.3 cm³/mol. The summed E-state index contributed by atoms with van der Waals surface area (Å²) in [6.07, 6.45) is 3.18. The highest BCUT2D eigenvalue weighted by molar-refractivity contribution is 6.12. The van der Waals surface area contributed by atoms with Gasteiger partial charge in [-0.05, 0) is 18.2 Å². The minimum Gasteiger partial charge on any atom is -0.360 e. The highest BCUT2D eigenvalue weighted by atomic mass is 16.3. The van der Waals surface area contributed by atoms with Gasteiger partial charge >= 0.3 is 0 Å². The first-order chi connectivity index (χ1) is 10.7. The molecular formula is C17H13N3O2. The van der Waals surface area contributed by atoms with Crippen molar-refractivity contribution in [2.75, 3.05) is 4.90 Å². The van der Waals surface area contributed by atoms with E-state index in [-0.39, 0.29) is 5.91 Å². The number of fused-ring (bicyclic) bond motifs is 1. The Morgan fingerprint density at radius 1 is 1.05 bits per heavy atom. The smallest absolute Gasteiger partial charge is 0.261 e. The van der Waals surface area contributed by atoms with Crippen LogP contribution in [-0.4, -0.2) is 21.0 Å². The molecule has 0 saturated carbocycles. The molecule has 5 heteroatoms. The highest BCUT2D eigenvalue weighted by Crippen LogP contribution is 2.43. The SMILES string of the molecule is O=C1c2ccccc2[C@](O)(c2ncc[nH]2)N1c1ccccc1. The van der Waals surface area contributed by atoms with Crippen LogP contribution >= 0.6 is 0 Å². The molecule has 0 unspecified atom stereocenters. The van der Waals surface area contributed by atoms with Crippen LogP contribution in [0.15, 0.2) is 67.0 Å². The number of imidazole rings is 1. The van der Waals surface area contributed by atoms with Crippen LogP contribution in [0.2, 0.25) is 0 Å². The Morgan fingerprint density at radius 2 is 1.77 bits per heavy atom. The maximum atomic E-state index is 12.8. The molecule has 3 aromatic rings. The van der Waals surface area contributed by atoms with Gasteiger partial charge in [-0.2, -0.15) is 0 Å². The first-order valence-corrected chi connectivity index (χ1v) is 6.94. The Bertz CT molecular complexity index is 830. The molecule has 1 amide bonds. The van der Waals surface area contributed by atoms with Crippen LogP contribution in [0.1, 0.15) is 21.7 Å². The number of aliphatic hydroxyl groups is 1. The van der Waals surface area contributed by atoms with Gasteiger partial charge in [-0.25, -0.2) is 4.98 Å². The molecule has 1 aliphatic rings. The maximum Gasteiger partial charge on any atom is 0.261 e. The molecule has 1 atom stereocenters. The fraction of sp³-hybridized carbons (Fsp3) is 0.0588. The number of hydrogen-bond acceptors (Lipinski definition) is 3. The molecule has 2 aromatic carbocycles. The average Bonchev–Trinajstić information content (AvgIpc) is 3.17. The molecule has 22 heavy (non-hydrogen) atoms. The second-order valence-corrected chi connectivity index (χ2v) is 5.13. The van der Waals surface area contributed by atoms with E-state index in [0.717, 1.165) is 0 Å². The second-order valence-electron chi connectivity index (χ2n) is 5.13. The standard InChI is InChI=1S/C17H13N3O2/c21-15-13-8-4-5-9-14(13)17(22,16-18-10-11-19-16)20(15)12-6-2-1-3-7-12/h1-11,22H,(H,18,19)/t17-/m0/s1. The highest BCUT2D eigenvalue weighted by Gasteiger charge is 2.52. The lowest BCUT2D eigenvalue weighted by atomic mass is 10.0. The van der Waals surface area contributed by atoms with Crippen LogP contribution in [-0.2, 0) is 5.72 Å². The maximum absolute atomic E-state index is 12.8.